The molecule has 1 aliphatic heterocycles. The Kier molecular flexibility index (Phi) is 8.53. The second-order valence-electron chi connectivity index (χ2n) is 9.90. The molecule has 3 aromatic carbocycles. The van der Waals surface area contributed by atoms with E-state index in [1.165, 1.54) is 51.9 Å². The Hall–Kier alpha value is -4.65. The number of aryl methyl sites for hydroxylation is 3. The molecule has 2 heterocycles. The molecule has 1 aliphatic rings. The molecular formula is C30H27F3N6O3S. The van der Waals surface area contributed by atoms with Crippen LogP contribution in [0.1, 0.15) is 22.3 Å². The van der Waals surface area contributed by atoms with Crippen LogP contribution in [0.4, 0.5) is 23.7 Å². The van der Waals surface area contributed by atoms with Gasteiger partial charge in [-0.05, 0) is 74.2 Å². The van der Waals surface area contributed by atoms with Gasteiger partial charge in [-0.3, -0.25) is 9.69 Å². The number of carbonyl (C=O) groups excluding carboxylic acids is 2. The first kappa shape index (κ1) is 29.8. The first-order chi connectivity index (χ1) is 20.5. The molecule has 0 radical (unpaired) electrons. The van der Waals surface area contributed by atoms with Gasteiger partial charge in [0.05, 0.1) is 17.1 Å². The molecule has 43 heavy (non-hydrogen) atoms. The van der Waals surface area contributed by atoms with Gasteiger partial charge in [0.2, 0.25) is 5.91 Å². The molecule has 5 rings (SSSR count). The molecule has 1 aromatic heterocycles. The second kappa shape index (κ2) is 12.3. The molecule has 13 heteroatoms. The standard InChI is InChI=1S/C30H27F3N6O3S/c1-18-13-19(2)26(20(3)14-18)39-25(40)16-43-29(39)36-28(41)34-12-11-21-5-4-6-22(15-21)27-35-17-38(37-27)23-7-9-24(10-8-23)42-30(31,32)33/h4-10,13-15,17H,11-12,16H2,1-3H3,(H,34,41)/b36-29-. The minimum atomic E-state index is -4.76. The van der Waals surface area contributed by atoms with Gasteiger partial charge >= 0.3 is 12.4 Å². The Morgan fingerprint density at radius 1 is 1.07 bits per heavy atom. The summed E-state index contributed by atoms with van der Waals surface area (Å²) in [7, 11) is 0. The van der Waals surface area contributed by atoms with Gasteiger partial charge in [-0.25, -0.2) is 14.5 Å². The number of amides is 3. The zero-order valence-electron chi connectivity index (χ0n) is 23.5. The summed E-state index contributed by atoms with van der Waals surface area (Å²) in [5.41, 5.74) is 5.90. The number of hydrogen-bond donors (Lipinski definition) is 1. The summed E-state index contributed by atoms with van der Waals surface area (Å²) in [5.74, 6) is 0.198. The van der Waals surface area contributed by atoms with Crippen LogP contribution in [0.3, 0.4) is 0 Å². The second-order valence-corrected chi connectivity index (χ2v) is 10.8. The summed E-state index contributed by atoms with van der Waals surface area (Å²) in [5, 5.41) is 7.58. The Labute approximate surface area is 249 Å². The lowest BCUT2D eigenvalue weighted by Crippen LogP contribution is -2.32. The van der Waals surface area contributed by atoms with Crippen molar-refractivity contribution in [2.24, 2.45) is 4.99 Å². The predicted octanol–water partition coefficient (Wildman–Crippen LogP) is 6.15. The highest BCUT2D eigenvalue weighted by Crippen LogP contribution is 2.33. The normalized spacial score (nSPS) is 14.4. The molecule has 3 amide bonds. The minimum absolute atomic E-state index is 0.119. The number of urea groups is 1. The van der Waals surface area contributed by atoms with Crippen LogP contribution in [0.25, 0.3) is 17.1 Å². The van der Waals surface area contributed by atoms with Crippen molar-refractivity contribution >= 4 is 34.6 Å². The van der Waals surface area contributed by atoms with Crippen molar-refractivity contribution in [3.05, 3.63) is 89.2 Å². The SMILES string of the molecule is Cc1cc(C)c(N2C(=O)CS/C2=N\C(=O)NCCc2cccc(-c3ncn(-c4ccc(OC(F)(F)F)cc4)n3)c2)c(C)c1. The van der Waals surface area contributed by atoms with Crippen LogP contribution in [-0.2, 0) is 11.2 Å². The number of aromatic nitrogens is 3. The van der Waals surface area contributed by atoms with Gasteiger partial charge in [0.25, 0.3) is 0 Å². The quantitative estimate of drug-likeness (QED) is 0.270. The lowest BCUT2D eigenvalue weighted by molar-refractivity contribution is -0.274. The maximum Gasteiger partial charge on any atom is 0.573 e. The molecular weight excluding hydrogens is 581 g/mol. The van der Waals surface area contributed by atoms with Crippen LogP contribution in [0.5, 0.6) is 5.75 Å². The van der Waals surface area contributed by atoms with Crippen LogP contribution in [-0.4, -0.2) is 50.5 Å². The van der Waals surface area contributed by atoms with Crippen LogP contribution < -0.4 is 15.0 Å². The zero-order chi connectivity index (χ0) is 30.7. The number of carbonyl (C=O) groups is 2. The van der Waals surface area contributed by atoms with Gasteiger partial charge in [-0.2, -0.15) is 4.99 Å². The first-order valence-electron chi connectivity index (χ1n) is 13.2. The molecule has 0 bridgehead atoms. The van der Waals surface area contributed by atoms with E-state index >= 15 is 0 Å². The summed E-state index contributed by atoms with van der Waals surface area (Å²) in [4.78, 5) is 35.4. The van der Waals surface area contributed by atoms with Gasteiger partial charge in [-0.15, -0.1) is 18.3 Å². The fourth-order valence-electron chi connectivity index (χ4n) is 4.82. The Bertz CT molecular complexity index is 1680. The Morgan fingerprint density at radius 2 is 1.79 bits per heavy atom. The molecule has 222 valence electrons. The molecule has 1 N–H and O–H groups in total. The predicted molar refractivity (Wildman–Crippen MR) is 159 cm³/mol. The number of anilines is 1. The highest BCUT2D eigenvalue weighted by molar-refractivity contribution is 8.15. The zero-order valence-corrected chi connectivity index (χ0v) is 24.3. The van der Waals surface area contributed by atoms with E-state index in [4.69, 9.17) is 0 Å². The molecule has 0 spiro atoms. The van der Waals surface area contributed by atoms with E-state index in [1.54, 1.807) is 0 Å². The van der Waals surface area contributed by atoms with Crippen molar-refractivity contribution in [1.29, 1.82) is 0 Å². The van der Waals surface area contributed by atoms with Crippen LogP contribution in [0.2, 0.25) is 0 Å². The van der Waals surface area contributed by atoms with Crippen LogP contribution in [0.15, 0.2) is 72.0 Å². The summed E-state index contributed by atoms with van der Waals surface area (Å²) < 4.78 is 42.6. The summed E-state index contributed by atoms with van der Waals surface area (Å²) in [6, 6.07) is 16.3. The molecule has 9 nitrogen and oxygen atoms in total. The highest BCUT2D eigenvalue weighted by Gasteiger charge is 2.33. The number of rotatable bonds is 7. The average Bonchev–Trinajstić information content (AvgIpc) is 3.56. The Morgan fingerprint density at radius 3 is 2.49 bits per heavy atom. The van der Waals surface area contributed by atoms with E-state index in [0.29, 0.717) is 29.6 Å². The largest absolute Gasteiger partial charge is 0.573 e. The minimum Gasteiger partial charge on any atom is -0.406 e. The van der Waals surface area contributed by atoms with Crippen molar-refractivity contribution in [1.82, 2.24) is 20.1 Å². The molecule has 4 aromatic rings. The topological polar surface area (TPSA) is 102 Å². The molecule has 0 aliphatic carbocycles. The number of ether oxygens (including phenoxy) is 1. The summed E-state index contributed by atoms with van der Waals surface area (Å²) >= 11 is 1.23. The molecule has 0 unspecified atom stereocenters. The highest BCUT2D eigenvalue weighted by atomic mass is 32.2. The van der Waals surface area contributed by atoms with Crippen molar-refractivity contribution < 1.29 is 27.5 Å². The number of alkyl halides is 3. The van der Waals surface area contributed by atoms with E-state index in [-0.39, 0.29) is 17.4 Å². The van der Waals surface area contributed by atoms with E-state index in [0.717, 1.165) is 33.5 Å². The maximum absolute atomic E-state index is 12.7. The number of halogens is 3. The molecule has 0 saturated carbocycles. The summed E-state index contributed by atoms with van der Waals surface area (Å²) in [6.45, 7) is 6.18. The third-order valence-corrected chi connectivity index (χ3v) is 7.45. The van der Waals surface area contributed by atoms with E-state index in [9.17, 15) is 22.8 Å². The van der Waals surface area contributed by atoms with Crippen molar-refractivity contribution in [3.63, 3.8) is 0 Å². The van der Waals surface area contributed by atoms with Gasteiger partial charge in [0.15, 0.2) is 11.0 Å². The monoisotopic (exact) mass is 608 g/mol. The number of amidine groups is 1. The van der Waals surface area contributed by atoms with Gasteiger partial charge in [0, 0.05) is 12.1 Å². The van der Waals surface area contributed by atoms with E-state index < -0.39 is 12.4 Å². The fraction of sp³-hybridized carbons (Fsp3) is 0.233. The average molecular weight is 609 g/mol. The Balaban J connectivity index is 1.21. The number of nitrogens with one attached hydrogen (secondary N) is 1. The number of benzene rings is 3. The first-order valence-corrected chi connectivity index (χ1v) is 14.2. The number of nitrogens with zero attached hydrogens (tertiary/aromatic N) is 5. The van der Waals surface area contributed by atoms with Crippen LogP contribution in [0, 0.1) is 20.8 Å². The van der Waals surface area contributed by atoms with Crippen molar-refractivity contribution in [2.75, 3.05) is 17.2 Å². The van der Waals surface area contributed by atoms with Gasteiger partial charge < -0.3 is 10.1 Å². The maximum atomic E-state index is 12.7. The third-order valence-electron chi connectivity index (χ3n) is 6.52. The third kappa shape index (κ3) is 7.23. The number of thioether (sulfide) groups is 1. The molecule has 1 fully saturated rings. The van der Waals surface area contributed by atoms with E-state index in [1.807, 2.05) is 57.2 Å². The van der Waals surface area contributed by atoms with Gasteiger partial charge in [-0.1, -0.05) is 47.7 Å². The fourth-order valence-corrected chi connectivity index (χ4v) is 5.67. The number of aliphatic imine (C=N–C) groups is 1. The van der Waals surface area contributed by atoms with Crippen molar-refractivity contribution in [2.45, 2.75) is 33.6 Å². The summed E-state index contributed by atoms with van der Waals surface area (Å²) in [6.07, 6.45) is -2.78. The lowest BCUT2D eigenvalue weighted by atomic mass is 10.0. The lowest BCUT2D eigenvalue weighted by Gasteiger charge is -2.21. The number of hydrogen-bond acceptors (Lipinski definition) is 6. The van der Waals surface area contributed by atoms with E-state index in [2.05, 4.69) is 25.1 Å². The van der Waals surface area contributed by atoms with Crippen LogP contribution >= 0.6 is 11.8 Å². The smallest absolute Gasteiger partial charge is 0.406 e. The van der Waals surface area contributed by atoms with Gasteiger partial charge in [0.1, 0.15) is 12.1 Å². The molecule has 1 saturated heterocycles. The molecule has 0 atom stereocenters. The van der Waals surface area contributed by atoms with Crippen molar-refractivity contribution in [3.8, 4) is 22.8 Å².